The largest absolute Gasteiger partial charge is 0.461 e. The van der Waals surface area contributed by atoms with Gasteiger partial charge in [0.15, 0.2) is 0 Å². The molecular weight excluding hydrogens is 384 g/mol. The van der Waals surface area contributed by atoms with Crippen LogP contribution in [0.4, 0.5) is 10.5 Å². The highest BCUT2D eigenvalue weighted by molar-refractivity contribution is 5.78. The van der Waals surface area contributed by atoms with Crippen LogP contribution in [0.2, 0.25) is 0 Å². The quantitative estimate of drug-likeness (QED) is 0.525. The van der Waals surface area contributed by atoms with Crippen molar-refractivity contribution in [3.05, 3.63) is 70.6 Å². The van der Waals surface area contributed by atoms with E-state index in [2.05, 4.69) is 10.5 Å². The van der Waals surface area contributed by atoms with Crippen molar-refractivity contribution >= 4 is 17.7 Å². The average molecular weight is 415 g/mol. The number of carbonyl (C=O) groups is 2. The van der Waals surface area contributed by atoms with Crippen LogP contribution in [0.5, 0.6) is 0 Å². The molecule has 7 nitrogen and oxygen atoms in total. The number of hydrogen-bond donors (Lipinski definition) is 1. The van der Waals surface area contributed by atoms with Gasteiger partial charge in [0, 0.05) is 6.42 Å². The van der Waals surface area contributed by atoms with Crippen LogP contribution < -0.4 is 5.32 Å². The van der Waals surface area contributed by atoms with E-state index in [1.54, 1.807) is 45.0 Å². The Hall–Kier alpha value is -3.22. The minimum Gasteiger partial charge on any atom is -0.461 e. The molecule has 0 aromatic heterocycles. The average Bonchev–Trinajstić information content (AvgIpc) is 2.68. The summed E-state index contributed by atoms with van der Waals surface area (Å²) in [6.45, 7) is 8.92. The van der Waals surface area contributed by atoms with Crippen LogP contribution in [0, 0.1) is 11.8 Å². The SMILES string of the molecule is Cc1ccc(CC(C)OC(=O)CNC(=O)OC(C)(C)C)cc1.O=Nc1ccccc1. The van der Waals surface area contributed by atoms with Gasteiger partial charge in [-0.15, -0.1) is 4.91 Å². The third-order valence-electron chi connectivity index (χ3n) is 3.61. The summed E-state index contributed by atoms with van der Waals surface area (Å²) in [5, 5.41) is 5.10. The van der Waals surface area contributed by atoms with Gasteiger partial charge in [-0.3, -0.25) is 4.79 Å². The second kappa shape index (κ2) is 12.4. The maximum atomic E-state index is 11.7. The molecule has 1 unspecified atom stereocenters. The molecule has 7 heteroatoms. The lowest BCUT2D eigenvalue weighted by atomic mass is 10.1. The van der Waals surface area contributed by atoms with E-state index in [1.807, 2.05) is 44.2 Å². The van der Waals surface area contributed by atoms with E-state index in [0.29, 0.717) is 12.1 Å². The summed E-state index contributed by atoms with van der Waals surface area (Å²) in [5.74, 6) is -0.481. The summed E-state index contributed by atoms with van der Waals surface area (Å²) >= 11 is 0. The summed E-state index contributed by atoms with van der Waals surface area (Å²) in [4.78, 5) is 32.9. The molecule has 0 bridgehead atoms. The number of rotatable bonds is 6. The van der Waals surface area contributed by atoms with E-state index in [9.17, 15) is 14.5 Å². The second-order valence-electron chi connectivity index (χ2n) is 7.77. The van der Waals surface area contributed by atoms with E-state index in [0.717, 1.165) is 5.56 Å². The summed E-state index contributed by atoms with van der Waals surface area (Å²) in [6, 6.07) is 16.8. The van der Waals surface area contributed by atoms with Gasteiger partial charge in [0.2, 0.25) is 0 Å². The number of nitrogens with one attached hydrogen (secondary N) is 1. The number of ether oxygens (including phenoxy) is 2. The maximum Gasteiger partial charge on any atom is 0.408 e. The Morgan fingerprint density at radius 1 is 1.03 bits per heavy atom. The number of esters is 1. The van der Waals surface area contributed by atoms with Crippen LogP contribution in [0.3, 0.4) is 0 Å². The predicted molar refractivity (Wildman–Crippen MR) is 117 cm³/mol. The number of benzene rings is 2. The van der Waals surface area contributed by atoms with E-state index in [1.165, 1.54) is 5.56 Å². The molecule has 2 rings (SSSR count). The number of amides is 1. The van der Waals surface area contributed by atoms with Crippen LogP contribution >= 0.6 is 0 Å². The molecule has 1 amide bonds. The summed E-state index contributed by atoms with van der Waals surface area (Å²) < 4.78 is 10.3. The van der Waals surface area contributed by atoms with E-state index in [-0.39, 0.29) is 12.6 Å². The van der Waals surface area contributed by atoms with Gasteiger partial charge in [-0.05, 0) is 57.5 Å². The maximum absolute atomic E-state index is 11.7. The van der Waals surface area contributed by atoms with Crippen molar-refractivity contribution in [3.8, 4) is 0 Å². The standard InChI is InChI=1S/C17H25NO4.C6H5NO/c1-12-6-8-14(9-7-12)10-13(2)21-15(19)11-18-16(20)22-17(3,4)5;8-7-6-4-2-1-3-5-6/h6-9,13H,10-11H2,1-5H3,(H,18,20);1-5H. The van der Waals surface area contributed by atoms with Gasteiger partial charge in [-0.25, -0.2) is 4.79 Å². The highest BCUT2D eigenvalue weighted by Gasteiger charge is 2.17. The third kappa shape index (κ3) is 11.6. The first-order valence-corrected chi connectivity index (χ1v) is 9.69. The summed E-state index contributed by atoms with van der Waals surface area (Å²) in [7, 11) is 0. The van der Waals surface area contributed by atoms with Crippen LogP contribution in [0.15, 0.2) is 59.8 Å². The third-order valence-corrected chi connectivity index (χ3v) is 3.61. The highest BCUT2D eigenvalue weighted by atomic mass is 16.6. The minimum absolute atomic E-state index is 0.201. The lowest BCUT2D eigenvalue weighted by Crippen LogP contribution is -2.36. The molecule has 30 heavy (non-hydrogen) atoms. The zero-order valence-corrected chi connectivity index (χ0v) is 18.2. The van der Waals surface area contributed by atoms with Crippen molar-refractivity contribution in [2.75, 3.05) is 6.54 Å². The Labute approximate surface area is 177 Å². The van der Waals surface area contributed by atoms with E-state index in [4.69, 9.17) is 9.47 Å². The van der Waals surface area contributed by atoms with Crippen molar-refractivity contribution in [2.45, 2.75) is 52.7 Å². The van der Waals surface area contributed by atoms with E-state index < -0.39 is 17.7 Å². The van der Waals surface area contributed by atoms with Crippen molar-refractivity contribution in [1.82, 2.24) is 5.32 Å². The molecule has 2 aromatic carbocycles. The number of carbonyl (C=O) groups excluding carboxylic acids is 2. The number of nitroso groups, excluding NO2 is 1. The van der Waals surface area contributed by atoms with Crippen molar-refractivity contribution < 1.29 is 19.1 Å². The van der Waals surface area contributed by atoms with Crippen LogP contribution in [-0.2, 0) is 20.7 Å². The highest BCUT2D eigenvalue weighted by Crippen LogP contribution is 2.09. The van der Waals surface area contributed by atoms with E-state index >= 15 is 0 Å². The summed E-state index contributed by atoms with van der Waals surface area (Å²) in [6.07, 6.45) is -0.246. The second-order valence-corrected chi connectivity index (χ2v) is 7.77. The first-order valence-electron chi connectivity index (χ1n) is 9.69. The Morgan fingerprint density at radius 2 is 1.63 bits per heavy atom. The van der Waals surface area contributed by atoms with Crippen LogP contribution in [-0.4, -0.2) is 30.3 Å². The Kier molecular flexibility index (Phi) is 10.2. The molecule has 162 valence electrons. The molecule has 0 spiro atoms. The summed E-state index contributed by atoms with van der Waals surface area (Å²) in [5.41, 5.74) is 2.18. The Bertz CT molecular complexity index is 799. The molecule has 0 aliphatic rings. The lowest BCUT2D eigenvalue weighted by molar-refractivity contribution is -0.147. The van der Waals surface area contributed by atoms with Gasteiger partial charge in [-0.1, -0.05) is 48.0 Å². The van der Waals surface area contributed by atoms with Gasteiger partial charge in [0.05, 0.1) is 0 Å². The fraction of sp³-hybridized carbons (Fsp3) is 0.391. The molecule has 2 aromatic rings. The number of nitrogens with zero attached hydrogens (tertiary/aromatic N) is 1. The number of hydrogen-bond acceptors (Lipinski definition) is 6. The molecule has 0 heterocycles. The molecule has 0 aliphatic heterocycles. The molecule has 0 saturated heterocycles. The topological polar surface area (TPSA) is 94.1 Å². The van der Waals surface area contributed by atoms with Crippen LogP contribution in [0.1, 0.15) is 38.8 Å². The molecular formula is C23H30N2O5. The van der Waals surface area contributed by atoms with Crippen LogP contribution in [0.25, 0.3) is 0 Å². The fourth-order valence-corrected chi connectivity index (χ4v) is 2.31. The molecule has 0 radical (unpaired) electrons. The van der Waals surface area contributed by atoms with Gasteiger partial charge in [0.25, 0.3) is 0 Å². The first kappa shape index (κ1) is 24.8. The Balaban J connectivity index is 0.000000467. The zero-order valence-electron chi connectivity index (χ0n) is 18.2. The van der Waals surface area contributed by atoms with Gasteiger partial charge >= 0.3 is 12.1 Å². The molecule has 1 N–H and O–H groups in total. The smallest absolute Gasteiger partial charge is 0.408 e. The fourth-order valence-electron chi connectivity index (χ4n) is 2.31. The molecule has 0 fully saturated rings. The predicted octanol–water partition coefficient (Wildman–Crippen LogP) is 5.08. The monoisotopic (exact) mass is 414 g/mol. The molecule has 0 aliphatic carbocycles. The van der Waals surface area contributed by atoms with Crippen molar-refractivity contribution in [3.63, 3.8) is 0 Å². The van der Waals surface area contributed by atoms with Crippen molar-refractivity contribution in [1.29, 1.82) is 0 Å². The normalized spacial score (nSPS) is 11.4. The van der Waals surface area contributed by atoms with Gasteiger partial charge in [0.1, 0.15) is 23.9 Å². The van der Waals surface area contributed by atoms with Crippen molar-refractivity contribution in [2.24, 2.45) is 5.18 Å². The Morgan fingerprint density at radius 3 is 2.13 bits per heavy atom. The lowest BCUT2D eigenvalue weighted by Gasteiger charge is -2.19. The minimum atomic E-state index is -0.629. The zero-order chi connectivity index (χ0) is 22.6. The molecule has 0 saturated carbocycles. The molecule has 1 atom stereocenters. The van der Waals surface area contributed by atoms with Gasteiger partial charge in [-0.2, -0.15) is 0 Å². The first-order chi connectivity index (χ1) is 14.1. The number of alkyl carbamates (subject to hydrolysis) is 1. The van der Waals surface area contributed by atoms with Gasteiger partial charge < -0.3 is 14.8 Å². The number of aryl methyl sites for hydroxylation is 1.